The Balaban J connectivity index is 2.05. The van der Waals surface area contributed by atoms with Gasteiger partial charge in [-0.15, -0.1) is 0 Å². The number of phenols is 1. The van der Waals surface area contributed by atoms with Gasteiger partial charge in [-0.05, 0) is 66.6 Å². The molecule has 8 nitrogen and oxygen atoms in total. The first-order valence-electron chi connectivity index (χ1n) is 13.9. The molecule has 1 aliphatic heterocycles. The number of fused-ring (bicyclic) bond motifs is 1. The molecule has 0 fully saturated rings. The number of aromatic nitrogens is 1. The summed E-state index contributed by atoms with van der Waals surface area (Å²) in [5, 5.41) is 11.2. The second kappa shape index (κ2) is 11.4. The summed E-state index contributed by atoms with van der Waals surface area (Å²) in [5.41, 5.74) is 2.75. The van der Waals surface area contributed by atoms with Crippen LogP contribution in [0.5, 0.6) is 17.2 Å². The maximum absolute atomic E-state index is 14.2. The largest absolute Gasteiger partial charge is 0.507 e. The van der Waals surface area contributed by atoms with Crippen LogP contribution in [0.2, 0.25) is 0 Å². The molecule has 0 bridgehead atoms. The monoisotopic (exact) mass is 592 g/mol. The van der Waals surface area contributed by atoms with Gasteiger partial charge >= 0.3 is 5.97 Å². The Hall–Kier alpha value is -3.85. The van der Waals surface area contributed by atoms with Crippen molar-refractivity contribution in [1.82, 2.24) is 4.57 Å². The highest BCUT2D eigenvalue weighted by Gasteiger charge is 2.35. The lowest BCUT2D eigenvalue weighted by Crippen LogP contribution is -2.40. The Morgan fingerprint density at radius 1 is 1.05 bits per heavy atom. The Labute approximate surface area is 250 Å². The third-order valence-electron chi connectivity index (χ3n) is 7.29. The van der Waals surface area contributed by atoms with Crippen LogP contribution >= 0.6 is 11.3 Å². The lowest BCUT2D eigenvalue weighted by molar-refractivity contribution is -0.139. The van der Waals surface area contributed by atoms with Crippen molar-refractivity contribution in [2.24, 2.45) is 4.99 Å². The van der Waals surface area contributed by atoms with Crippen molar-refractivity contribution in [2.45, 2.75) is 72.3 Å². The molecule has 3 aromatic rings. The van der Waals surface area contributed by atoms with Crippen LogP contribution in [-0.4, -0.2) is 36.5 Å². The maximum atomic E-state index is 14.2. The number of hydrogen-bond donors (Lipinski definition) is 1. The van der Waals surface area contributed by atoms with Crippen LogP contribution in [0.15, 0.2) is 51.4 Å². The summed E-state index contributed by atoms with van der Waals surface area (Å²) < 4.78 is 18.6. The van der Waals surface area contributed by atoms with E-state index in [1.807, 2.05) is 59.8 Å². The smallest absolute Gasteiger partial charge is 0.338 e. The van der Waals surface area contributed by atoms with Crippen LogP contribution in [0.25, 0.3) is 6.08 Å². The van der Waals surface area contributed by atoms with Crippen molar-refractivity contribution in [1.29, 1.82) is 0 Å². The molecule has 0 spiro atoms. The number of carbonyl (C=O) groups excluding carboxylic acids is 1. The van der Waals surface area contributed by atoms with Gasteiger partial charge in [0.05, 0.1) is 36.6 Å². The van der Waals surface area contributed by atoms with Gasteiger partial charge in [0.1, 0.15) is 23.3 Å². The normalized spacial score (nSPS) is 15.8. The molecule has 42 heavy (non-hydrogen) atoms. The van der Waals surface area contributed by atoms with Gasteiger partial charge in [0.25, 0.3) is 5.56 Å². The Kier molecular flexibility index (Phi) is 8.47. The number of methoxy groups -OCH3 is 2. The van der Waals surface area contributed by atoms with Gasteiger partial charge in [-0.25, -0.2) is 9.79 Å². The number of ether oxygens (including phenoxy) is 3. The zero-order valence-electron chi connectivity index (χ0n) is 26.0. The Morgan fingerprint density at radius 3 is 2.19 bits per heavy atom. The first kappa shape index (κ1) is 31.1. The molecule has 9 heteroatoms. The fourth-order valence-electron chi connectivity index (χ4n) is 5.17. The van der Waals surface area contributed by atoms with Gasteiger partial charge in [-0.2, -0.15) is 0 Å². The SMILES string of the molecule is CCOC(=O)C1=C(C)N=c2s/c(=C/c3cc(C(C)(C)C)c(O)c(C(C)(C)C)c3)c(=O)n2[C@H]1c1cc(OC)ccc1OC. The van der Waals surface area contributed by atoms with E-state index in [0.29, 0.717) is 32.1 Å². The standard InChI is InChI=1S/C33H40N2O6S/c1-11-41-30(38)26-18(2)34-31-35(27(26)21-17-20(39-9)12-13-24(21)40-10)29(37)25(42-31)16-19-14-22(32(3,4)5)28(36)23(15-19)33(6,7)8/h12-17,27,36H,11H2,1-10H3/b25-16+/t27-/m0/s1. The van der Waals surface area contributed by atoms with Crippen LogP contribution in [0, 0.1) is 0 Å². The Morgan fingerprint density at radius 2 is 1.67 bits per heavy atom. The fourth-order valence-corrected chi connectivity index (χ4v) is 6.22. The molecular weight excluding hydrogens is 552 g/mol. The quantitative estimate of drug-likeness (QED) is 0.399. The molecule has 224 valence electrons. The average molecular weight is 593 g/mol. The number of hydrogen-bond acceptors (Lipinski definition) is 8. The van der Waals surface area contributed by atoms with Crippen LogP contribution < -0.4 is 24.4 Å². The first-order valence-corrected chi connectivity index (χ1v) is 14.7. The number of allylic oxidation sites excluding steroid dienone is 1. The van der Waals surface area contributed by atoms with Crippen LogP contribution in [0.4, 0.5) is 0 Å². The zero-order chi connectivity index (χ0) is 31.1. The second-order valence-corrected chi connectivity index (χ2v) is 13.4. The van der Waals surface area contributed by atoms with E-state index < -0.39 is 12.0 Å². The number of rotatable bonds is 6. The number of aromatic hydroxyl groups is 1. The minimum Gasteiger partial charge on any atom is -0.507 e. The summed E-state index contributed by atoms with van der Waals surface area (Å²) in [7, 11) is 3.10. The molecular formula is C33H40N2O6S. The topological polar surface area (TPSA) is 99.4 Å². The summed E-state index contributed by atoms with van der Waals surface area (Å²) in [6.07, 6.45) is 1.83. The maximum Gasteiger partial charge on any atom is 0.338 e. The highest BCUT2D eigenvalue weighted by molar-refractivity contribution is 7.07. The minimum atomic E-state index is -0.845. The molecule has 2 heterocycles. The molecule has 1 N–H and O–H groups in total. The average Bonchev–Trinajstić information content (AvgIpc) is 3.21. The van der Waals surface area contributed by atoms with E-state index in [-0.39, 0.29) is 34.3 Å². The van der Waals surface area contributed by atoms with E-state index in [1.54, 1.807) is 46.3 Å². The number of carbonyl (C=O) groups is 1. The third-order valence-corrected chi connectivity index (χ3v) is 8.28. The van der Waals surface area contributed by atoms with Crippen molar-refractivity contribution in [2.75, 3.05) is 20.8 Å². The lowest BCUT2D eigenvalue weighted by atomic mass is 9.78. The van der Waals surface area contributed by atoms with E-state index in [9.17, 15) is 14.7 Å². The lowest BCUT2D eigenvalue weighted by Gasteiger charge is -2.27. The number of benzene rings is 2. The summed E-state index contributed by atoms with van der Waals surface area (Å²) in [6.45, 7) is 15.9. The van der Waals surface area contributed by atoms with Crippen molar-refractivity contribution >= 4 is 23.4 Å². The molecule has 0 amide bonds. The Bertz CT molecular complexity index is 1710. The molecule has 2 aromatic carbocycles. The van der Waals surface area contributed by atoms with E-state index in [0.717, 1.165) is 16.7 Å². The first-order chi connectivity index (χ1) is 19.6. The summed E-state index contributed by atoms with van der Waals surface area (Å²) in [5.74, 6) is 0.772. The van der Waals surface area contributed by atoms with Gasteiger partial charge in [-0.3, -0.25) is 9.36 Å². The predicted molar refractivity (Wildman–Crippen MR) is 165 cm³/mol. The zero-order valence-corrected chi connectivity index (χ0v) is 26.9. The van der Waals surface area contributed by atoms with Gasteiger partial charge in [0, 0.05) is 16.7 Å². The molecule has 1 aromatic heterocycles. The molecule has 1 aliphatic rings. The number of esters is 1. The summed E-state index contributed by atoms with van der Waals surface area (Å²) in [4.78, 5) is 32.6. The molecule has 0 radical (unpaired) electrons. The molecule has 0 aliphatic carbocycles. The second-order valence-electron chi connectivity index (χ2n) is 12.4. The molecule has 0 saturated carbocycles. The van der Waals surface area contributed by atoms with Gasteiger partial charge in [-0.1, -0.05) is 52.9 Å². The van der Waals surface area contributed by atoms with E-state index in [2.05, 4.69) is 4.99 Å². The summed E-state index contributed by atoms with van der Waals surface area (Å²) >= 11 is 1.25. The number of phenolic OH excluding ortho intramolecular Hbond substituents is 1. The highest BCUT2D eigenvalue weighted by atomic mass is 32.1. The number of thiazole rings is 1. The molecule has 0 unspecified atom stereocenters. The van der Waals surface area contributed by atoms with E-state index in [1.165, 1.54) is 15.9 Å². The van der Waals surface area contributed by atoms with Crippen molar-refractivity contribution in [3.8, 4) is 17.2 Å². The van der Waals surface area contributed by atoms with E-state index >= 15 is 0 Å². The van der Waals surface area contributed by atoms with Crippen molar-refractivity contribution in [3.63, 3.8) is 0 Å². The molecule has 0 saturated heterocycles. The molecule has 1 atom stereocenters. The van der Waals surface area contributed by atoms with Gasteiger partial charge < -0.3 is 19.3 Å². The minimum absolute atomic E-state index is 0.176. The van der Waals surface area contributed by atoms with Gasteiger partial charge in [0.2, 0.25) is 0 Å². The third kappa shape index (κ3) is 5.75. The van der Waals surface area contributed by atoms with Crippen LogP contribution in [0.3, 0.4) is 0 Å². The van der Waals surface area contributed by atoms with Gasteiger partial charge in [0.15, 0.2) is 4.80 Å². The van der Waals surface area contributed by atoms with E-state index in [4.69, 9.17) is 14.2 Å². The summed E-state index contributed by atoms with van der Waals surface area (Å²) in [6, 6.07) is 8.30. The molecule has 4 rings (SSSR count). The number of nitrogens with zero attached hydrogens (tertiary/aromatic N) is 2. The van der Waals surface area contributed by atoms with Crippen molar-refractivity contribution in [3.05, 3.63) is 83.5 Å². The predicted octanol–water partition coefficient (Wildman–Crippen LogP) is 5.12. The van der Waals surface area contributed by atoms with Crippen molar-refractivity contribution < 1.29 is 24.1 Å². The highest BCUT2D eigenvalue weighted by Crippen LogP contribution is 2.40. The van der Waals surface area contributed by atoms with Crippen LogP contribution in [-0.2, 0) is 20.4 Å². The van der Waals surface area contributed by atoms with Crippen LogP contribution in [0.1, 0.15) is 83.7 Å². The fraction of sp³-hybridized carbons (Fsp3) is 0.424.